The molecule has 4 bridgehead atoms. The second kappa shape index (κ2) is 4.30. The molecule has 0 atom stereocenters. The van der Waals surface area contributed by atoms with Crippen molar-refractivity contribution < 1.29 is 5.11 Å². The lowest BCUT2D eigenvalue weighted by molar-refractivity contribution is -0.171. The van der Waals surface area contributed by atoms with Crippen molar-refractivity contribution in [3.63, 3.8) is 0 Å². The Balaban J connectivity index is 1.49. The first-order chi connectivity index (χ1) is 10.2. The highest BCUT2D eigenvalue weighted by molar-refractivity contribution is 7.18. The SMILES string of the molecule is OC1(Cc2nc3ccccc3s2)C2CC3CC(C2)CC1C3. The first-order valence-corrected chi connectivity index (χ1v) is 9.09. The van der Waals surface area contributed by atoms with E-state index < -0.39 is 5.60 Å². The standard InChI is InChI=1S/C18H21NOS/c20-18(10-17-19-15-3-1-2-4-16(15)21-17)13-6-11-5-12(8-13)9-14(18)7-11/h1-4,11-14,20H,5-10H2. The third kappa shape index (κ3) is 1.83. The highest BCUT2D eigenvalue weighted by Crippen LogP contribution is 2.59. The molecule has 0 unspecified atom stereocenters. The first kappa shape index (κ1) is 12.6. The number of aliphatic hydroxyl groups is 1. The molecule has 6 rings (SSSR count). The molecule has 0 amide bonds. The molecule has 2 aromatic rings. The Morgan fingerprint density at radius 2 is 1.71 bits per heavy atom. The van der Waals surface area contributed by atoms with Crippen LogP contribution >= 0.6 is 11.3 Å². The van der Waals surface area contributed by atoms with Gasteiger partial charge in [-0.05, 0) is 67.9 Å². The van der Waals surface area contributed by atoms with Gasteiger partial charge in [-0.25, -0.2) is 4.98 Å². The molecule has 0 saturated heterocycles. The second-order valence-corrected chi connectivity index (χ2v) is 8.66. The molecule has 4 aliphatic rings. The summed E-state index contributed by atoms with van der Waals surface area (Å²) in [6, 6.07) is 8.33. The molecule has 1 heterocycles. The minimum atomic E-state index is -0.471. The van der Waals surface area contributed by atoms with Gasteiger partial charge in [-0.15, -0.1) is 11.3 Å². The molecule has 0 aliphatic heterocycles. The number of fused-ring (bicyclic) bond motifs is 1. The van der Waals surface area contributed by atoms with Crippen LogP contribution in [0.1, 0.15) is 37.1 Å². The highest BCUT2D eigenvalue weighted by atomic mass is 32.1. The fraction of sp³-hybridized carbons (Fsp3) is 0.611. The smallest absolute Gasteiger partial charge is 0.0967 e. The van der Waals surface area contributed by atoms with E-state index in [4.69, 9.17) is 4.98 Å². The molecule has 110 valence electrons. The summed E-state index contributed by atoms with van der Waals surface area (Å²) < 4.78 is 1.25. The summed E-state index contributed by atoms with van der Waals surface area (Å²) in [4.78, 5) is 4.77. The van der Waals surface area contributed by atoms with Gasteiger partial charge in [0.15, 0.2) is 0 Å². The Morgan fingerprint density at radius 1 is 1.05 bits per heavy atom. The molecule has 4 saturated carbocycles. The molecular formula is C18H21NOS. The van der Waals surface area contributed by atoms with Crippen LogP contribution in [0.5, 0.6) is 0 Å². The van der Waals surface area contributed by atoms with Gasteiger partial charge in [0.25, 0.3) is 0 Å². The normalized spacial score (nSPS) is 41.0. The van der Waals surface area contributed by atoms with Crippen molar-refractivity contribution in [3.8, 4) is 0 Å². The van der Waals surface area contributed by atoms with Crippen molar-refractivity contribution in [2.45, 2.75) is 44.1 Å². The summed E-state index contributed by atoms with van der Waals surface area (Å²) >= 11 is 1.77. The predicted octanol–water partition coefficient (Wildman–Crippen LogP) is 4.03. The van der Waals surface area contributed by atoms with Crippen molar-refractivity contribution in [2.75, 3.05) is 0 Å². The molecule has 4 fully saturated rings. The van der Waals surface area contributed by atoms with Crippen molar-refractivity contribution in [2.24, 2.45) is 23.7 Å². The zero-order valence-corrected chi connectivity index (χ0v) is 13.0. The summed E-state index contributed by atoms with van der Waals surface area (Å²) in [5.74, 6) is 2.87. The van der Waals surface area contributed by atoms with Gasteiger partial charge in [0, 0.05) is 6.42 Å². The monoisotopic (exact) mass is 299 g/mol. The van der Waals surface area contributed by atoms with E-state index in [0.717, 1.165) is 28.8 Å². The van der Waals surface area contributed by atoms with Gasteiger partial charge < -0.3 is 5.11 Å². The van der Waals surface area contributed by atoms with E-state index in [9.17, 15) is 5.11 Å². The topological polar surface area (TPSA) is 33.1 Å². The van der Waals surface area contributed by atoms with E-state index in [-0.39, 0.29) is 0 Å². The van der Waals surface area contributed by atoms with Crippen molar-refractivity contribution in [3.05, 3.63) is 29.3 Å². The molecule has 1 aromatic heterocycles. The summed E-state index contributed by atoms with van der Waals surface area (Å²) in [5.41, 5.74) is 0.617. The number of hydrogen-bond acceptors (Lipinski definition) is 3. The van der Waals surface area contributed by atoms with Gasteiger partial charge >= 0.3 is 0 Å². The van der Waals surface area contributed by atoms with E-state index in [2.05, 4.69) is 18.2 Å². The number of thiazole rings is 1. The Morgan fingerprint density at radius 3 is 2.38 bits per heavy atom. The predicted molar refractivity (Wildman–Crippen MR) is 85.3 cm³/mol. The fourth-order valence-electron chi connectivity index (χ4n) is 5.53. The van der Waals surface area contributed by atoms with Gasteiger partial charge in [-0.3, -0.25) is 0 Å². The largest absolute Gasteiger partial charge is 0.389 e. The third-order valence-electron chi connectivity index (χ3n) is 6.32. The maximum absolute atomic E-state index is 11.4. The minimum absolute atomic E-state index is 0.471. The Bertz CT molecular complexity index is 630. The van der Waals surface area contributed by atoms with Crippen LogP contribution in [0, 0.1) is 23.7 Å². The lowest BCUT2D eigenvalue weighted by atomic mass is 9.49. The van der Waals surface area contributed by atoms with Crippen molar-refractivity contribution in [1.29, 1.82) is 0 Å². The van der Waals surface area contributed by atoms with Gasteiger partial charge in [0.05, 0.1) is 20.8 Å². The van der Waals surface area contributed by atoms with Gasteiger partial charge in [0.1, 0.15) is 0 Å². The van der Waals surface area contributed by atoms with E-state index in [0.29, 0.717) is 11.8 Å². The fourth-order valence-corrected chi connectivity index (χ4v) is 6.59. The maximum atomic E-state index is 11.4. The van der Waals surface area contributed by atoms with Crippen LogP contribution in [-0.2, 0) is 6.42 Å². The molecule has 1 aromatic carbocycles. The zero-order chi connectivity index (χ0) is 14.0. The zero-order valence-electron chi connectivity index (χ0n) is 12.2. The Kier molecular flexibility index (Phi) is 2.58. The summed E-state index contributed by atoms with van der Waals surface area (Å²) in [7, 11) is 0. The van der Waals surface area contributed by atoms with Gasteiger partial charge in [0.2, 0.25) is 0 Å². The quantitative estimate of drug-likeness (QED) is 0.908. The van der Waals surface area contributed by atoms with Crippen molar-refractivity contribution >= 4 is 21.6 Å². The lowest BCUT2D eigenvalue weighted by Crippen LogP contribution is -2.58. The van der Waals surface area contributed by atoms with E-state index in [1.165, 1.54) is 36.8 Å². The highest BCUT2D eigenvalue weighted by Gasteiger charge is 2.56. The minimum Gasteiger partial charge on any atom is -0.389 e. The number of benzene rings is 1. The van der Waals surface area contributed by atoms with E-state index in [1.54, 1.807) is 11.3 Å². The first-order valence-electron chi connectivity index (χ1n) is 8.27. The third-order valence-corrected chi connectivity index (χ3v) is 7.36. The molecule has 0 spiro atoms. The molecular weight excluding hydrogens is 278 g/mol. The van der Waals surface area contributed by atoms with Crippen LogP contribution in [-0.4, -0.2) is 15.7 Å². The van der Waals surface area contributed by atoms with E-state index in [1.807, 2.05) is 6.07 Å². The maximum Gasteiger partial charge on any atom is 0.0967 e. The number of para-hydroxylation sites is 1. The van der Waals surface area contributed by atoms with Gasteiger partial charge in [-0.1, -0.05) is 12.1 Å². The van der Waals surface area contributed by atoms with Crippen LogP contribution in [0.3, 0.4) is 0 Å². The summed E-state index contributed by atoms with van der Waals surface area (Å²) in [5, 5.41) is 12.6. The summed E-state index contributed by atoms with van der Waals surface area (Å²) in [6.45, 7) is 0. The van der Waals surface area contributed by atoms with Crippen molar-refractivity contribution in [1.82, 2.24) is 4.98 Å². The van der Waals surface area contributed by atoms with Gasteiger partial charge in [-0.2, -0.15) is 0 Å². The van der Waals surface area contributed by atoms with Crippen LogP contribution < -0.4 is 0 Å². The average molecular weight is 299 g/mol. The van der Waals surface area contributed by atoms with Crippen LogP contribution in [0.4, 0.5) is 0 Å². The average Bonchev–Trinajstić information content (AvgIpc) is 2.86. The summed E-state index contributed by atoms with van der Waals surface area (Å²) in [6.07, 6.45) is 7.25. The molecule has 1 N–H and O–H groups in total. The van der Waals surface area contributed by atoms with Crippen LogP contribution in [0.25, 0.3) is 10.2 Å². The number of nitrogens with zero attached hydrogens (tertiary/aromatic N) is 1. The molecule has 0 radical (unpaired) electrons. The van der Waals surface area contributed by atoms with E-state index >= 15 is 0 Å². The molecule has 21 heavy (non-hydrogen) atoms. The second-order valence-electron chi connectivity index (χ2n) is 7.55. The van der Waals surface area contributed by atoms with Crippen LogP contribution in [0.2, 0.25) is 0 Å². The molecule has 4 aliphatic carbocycles. The number of rotatable bonds is 2. The lowest BCUT2D eigenvalue weighted by Gasteiger charge is -2.58. The van der Waals surface area contributed by atoms with Crippen LogP contribution in [0.15, 0.2) is 24.3 Å². The Labute approximate surface area is 129 Å². The Hall–Kier alpha value is -0.930. The molecule has 3 heteroatoms. The number of aromatic nitrogens is 1. The number of hydrogen-bond donors (Lipinski definition) is 1. The molecule has 2 nitrogen and oxygen atoms in total.